The third kappa shape index (κ3) is 4.69. The summed E-state index contributed by atoms with van der Waals surface area (Å²) in [5.74, 6) is -1.97. The van der Waals surface area contributed by atoms with Crippen molar-refractivity contribution in [2.24, 2.45) is 0 Å². The van der Waals surface area contributed by atoms with E-state index in [-0.39, 0.29) is 5.69 Å². The minimum Gasteiger partial charge on any atom is -0.463 e. The first-order valence-corrected chi connectivity index (χ1v) is 8.80. The van der Waals surface area contributed by atoms with Crippen LogP contribution in [0.5, 0.6) is 0 Å². The fourth-order valence-electron chi connectivity index (χ4n) is 2.67. The van der Waals surface area contributed by atoms with E-state index in [2.05, 4.69) is 4.74 Å². The van der Waals surface area contributed by atoms with E-state index in [1.54, 1.807) is 33.9 Å². The van der Waals surface area contributed by atoms with E-state index in [1.807, 2.05) is 24.1 Å². The zero-order valence-electron chi connectivity index (χ0n) is 17.1. The van der Waals surface area contributed by atoms with Crippen LogP contribution < -0.4 is 4.90 Å². The summed E-state index contributed by atoms with van der Waals surface area (Å²) in [6.45, 7) is 6.39. The second kappa shape index (κ2) is 8.43. The Morgan fingerprint density at radius 1 is 1.11 bits per heavy atom. The van der Waals surface area contributed by atoms with Crippen molar-refractivity contribution in [3.8, 4) is 0 Å². The highest BCUT2D eigenvalue weighted by Crippen LogP contribution is 2.27. The molecule has 2 aromatic rings. The molecule has 0 N–H and O–H groups in total. The minimum atomic E-state index is -1.05. The lowest BCUT2D eigenvalue weighted by atomic mass is 10.2. The molecule has 1 aromatic carbocycles. The standard InChI is InChI=1S/C20H26N2O6/c1-20(2,3)28-19(25)22-15-8-7-14(21(4)9-10-26-5)11-13(15)12-16(22)17(23)18(24)27-6/h7-8,11-12H,9-10H2,1-6H3. The lowest BCUT2D eigenvalue weighted by Crippen LogP contribution is -2.30. The Morgan fingerprint density at radius 2 is 1.79 bits per heavy atom. The third-order valence-corrected chi connectivity index (χ3v) is 4.04. The smallest absolute Gasteiger partial charge is 0.419 e. The van der Waals surface area contributed by atoms with Gasteiger partial charge in [0.25, 0.3) is 5.78 Å². The number of ketones is 1. The number of hydrogen-bond acceptors (Lipinski definition) is 7. The normalized spacial score (nSPS) is 11.4. The van der Waals surface area contributed by atoms with Crippen molar-refractivity contribution in [2.75, 3.05) is 39.3 Å². The summed E-state index contributed by atoms with van der Waals surface area (Å²) in [5, 5.41) is 0.625. The number of anilines is 1. The number of hydrogen-bond donors (Lipinski definition) is 0. The zero-order chi connectivity index (χ0) is 21.1. The summed E-state index contributed by atoms with van der Waals surface area (Å²) in [7, 11) is 4.65. The van der Waals surface area contributed by atoms with Crippen LogP contribution in [0.1, 0.15) is 31.3 Å². The van der Waals surface area contributed by atoms with E-state index < -0.39 is 23.4 Å². The lowest BCUT2D eigenvalue weighted by Gasteiger charge is -2.21. The van der Waals surface area contributed by atoms with Gasteiger partial charge in [-0.05, 0) is 45.0 Å². The summed E-state index contributed by atoms with van der Waals surface area (Å²) in [6, 6.07) is 6.86. The zero-order valence-corrected chi connectivity index (χ0v) is 17.1. The van der Waals surface area contributed by atoms with Crippen molar-refractivity contribution in [3.63, 3.8) is 0 Å². The summed E-state index contributed by atoms with van der Waals surface area (Å²) < 4.78 is 16.1. The van der Waals surface area contributed by atoms with E-state index in [4.69, 9.17) is 9.47 Å². The molecule has 152 valence electrons. The van der Waals surface area contributed by atoms with E-state index in [1.165, 1.54) is 6.07 Å². The predicted octanol–water partition coefficient (Wildman–Crippen LogP) is 2.86. The SMILES string of the molecule is COCCN(C)c1ccc2c(c1)cc(C(=O)C(=O)OC)n2C(=O)OC(C)(C)C. The molecule has 0 spiro atoms. The van der Waals surface area contributed by atoms with Crippen LogP contribution >= 0.6 is 0 Å². The molecule has 28 heavy (non-hydrogen) atoms. The number of Topliss-reactive ketones (excluding diaryl/α,β-unsaturated/α-hetero) is 1. The Hall–Kier alpha value is -2.87. The average Bonchev–Trinajstić information content (AvgIpc) is 3.01. The topological polar surface area (TPSA) is 87.1 Å². The monoisotopic (exact) mass is 390 g/mol. The van der Waals surface area contributed by atoms with Gasteiger partial charge in [-0.1, -0.05) is 0 Å². The Labute approximate surface area is 163 Å². The molecule has 0 amide bonds. The van der Waals surface area contributed by atoms with Gasteiger partial charge in [0.1, 0.15) is 11.3 Å². The van der Waals surface area contributed by atoms with E-state index in [9.17, 15) is 14.4 Å². The third-order valence-electron chi connectivity index (χ3n) is 4.04. The number of likely N-dealkylation sites (N-methyl/N-ethyl adjacent to an activating group) is 1. The number of benzene rings is 1. The van der Waals surface area contributed by atoms with Crippen LogP contribution in [0.25, 0.3) is 10.9 Å². The Kier molecular flexibility index (Phi) is 6.45. The quantitative estimate of drug-likeness (QED) is 0.426. The van der Waals surface area contributed by atoms with Crippen LogP contribution in [0.4, 0.5) is 10.5 Å². The number of carbonyl (C=O) groups excluding carboxylic acids is 3. The van der Waals surface area contributed by atoms with Crippen molar-refractivity contribution in [2.45, 2.75) is 26.4 Å². The molecule has 0 radical (unpaired) electrons. The second-order valence-corrected chi connectivity index (χ2v) is 7.32. The molecule has 1 heterocycles. The van der Waals surface area contributed by atoms with Gasteiger partial charge in [-0.25, -0.2) is 14.2 Å². The lowest BCUT2D eigenvalue weighted by molar-refractivity contribution is -0.135. The van der Waals surface area contributed by atoms with Crippen molar-refractivity contribution >= 4 is 34.4 Å². The molecule has 0 fully saturated rings. The second-order valence-electron chi connectivity index (χ2n) is 7.32. The molecule has 8 nitrogen and oxygen atoms in total. The van der Waals surface area contributed by atoms with Crippen molar-refractivity contribution in [1.82, 2.24) is 4.57 Å². The van der Waals surface area contributed by atoms with Gasteiger partial charge in [0, 0.05) is 31.8 Å². The molecule has 0 saturated heterocycles. The van der Waals surface area contributed by atoms with Crippen molar-refractivity contribution in [1.29, 1.82) is 0 Å². The Balaban J connectivity index is 2.57. The number of carbonyl (C=O) groups is 3. The van der Waals surface area contributed by atoms with Crippen LogP contribution in [-0.4, -0.2) is 62.4 Å². The van der Waals surface area contributed by atoms with Gasteiger partial charge >= 0.3 is 12.1 Å². The molecule has 8 heteroatoms. The first kappa shape index (κ1) is 21.4. The average molecular weight is 390 g/mol. The number of esters is 1. The minimum absolute atomic E-state index is 0.104. The van der Waals surface area contributed by atoms with Crippen LogP contribution in [0.3, 0.4) is 0 Å². The number of nitrogens with zero attached hydrogens (tertiary/aromatic N) is 2. The number of methoxy groups -OCH3 is 2. The molecule has 0 saturated carbocycles. The first-order valence-electron chi connectivity index (χ1n) is 8.80. The Morgan fingerprint density at radius 3 is 2.36 bits per heavy atom. The van der Waals surface area contributed by atoms with Gasteiger partial charge in [0.05, 0.1) is 19.2 Å². The maximum atomic E-state index is 12.7. The van der Waals surface area contributed by atoms with Gasteiger partial charge in [-0.3, -0.25) is 4.79 Å². The predicted molar refractivity (Wildman–Crippen MR) is 105 cm³/mol. The number of aromatic nitrogens is 1. The highest BCUT2D eigenvalue weighted by Gasteiger charge is 2.28. The number of fused-ring (bicyclic) bond motifs is 1. The van der Waals surface area contributed by atoms with Gasteiger partial charge in [0.15, 0.2) is 0 Å². The van der Waals surface area contributed by atoms with Crippen LogP contribution in [-0.2, 0) is 19.0 Å². The molecule has 0 bridgehead atoms. The fourth-order valence-corrected chi connectivity index (χ4v) is 2.67. The maximum Gasteiger partial charge on any atom is 0.419 e. The first-order chi connectivity index (χ1) is 13.1. The molecule has 0 atom stereocenters. The highest BCUT2D eigenvalue weighted by molar-refractivity contribution is 6.41. The van der Waals surface area contributed by atoms with Crippen molar-refractivity contribution < 1.29 is 28.6 Å². The molecular formula is C20H26N2O6. The van der Waals surface area contributed by atoms with Crippen LogP contribution in [0, 0.1) is 0 Å². The number of rotatable bonds is 6. The van der Waals surface area contributed by atoms with Gasteiger partial charge in [-0.15, -0.1) is 0 Å². The van der Waals surface area contributed by atoms with Crippen LogP contribution in [0.15, 0.2) is 24.3 Å². The highest BCUT2D eigenvalue weighted by atomic mass is 16.6. The Bertz CT molecular complexity index is 894. The molecule has 0 aliphatic carbocycles. The van der Waals surface area contributed by atoms with Gasteiger partial charge in [-0.2, -0.15) is 0 Å². The summed E-state index contributed by atoms with van der Waals surface area (Å²) >= 11 is 0. The fraction of sp³-hybridized carbons (Fsp3) is 0.450. The molecule has 1 aromatic heterocycles. The van der Waals surface area contributed by atoms with Gasteiger partial charge in [0.2, 0.25) is 0 Å². The van der Waals surface area contributed by atoms with E-state index in [0.29, 0.717) is 24.1 Å². The molecule has 0 unspecified atom stereocenters. The summed E-state index contributed by atoms with van der Waals surface area (Å²) in [6.07, 6.45) is -0.741. The van der Waals surface area contributed by atoms with E-state index >= 15 is 0 Å². The molecule has 2 rings (SSSR count). The molecule has 0 aliphatic heterocycles. The largest absolute Gasteiger partial charge is 0.463 e. The molecular weight excluding hydrogens is 364 g/mol. The summed E-state index contributed by atoms with van der Waals surface area (Å²) in [4.78, 5) is 39.0. The number of ether oxygens (including phenoxy) is 3. The maximum absolute atomic E-state index is 12.7. The van der Waals surface area contributed by atoms with Gasteiger partial charge < -0.3 is 19.1 Å². The molecule has 0 aliphatic rings. The van der Waals surface area contributed by atoms with Crippen molar-refractivity contribution in [3.05, 3.63) is 30.0 Å². The van der Waals surface area contributed by atoms with E-state index in [0.717, 1.165) is 17.4 Å². The van der Waals surface area contributed by atoms with Crippen LogP contribution in [0.2, 0.25) is 0 Å². The summed E-state index contributed by atoms with van der Waals surface area (Å²) in [5.41, 5.74) is 0.473.